The van der Waals surface area contributed by atoms with Gasteiger partial charge in [0.05, 0.1) is 17.0 Å². The fraction of sp³-hybridized carbons (Fsp3) is 0.350. The fourth-order valence-electron chi connectivity index (χ4n) is 3.14. The number of hydrogen-bond donors (Lipinski definition) is 2. The van der Waals surface area contributed by atoms with Gasteiger partial charge in [0.15, 0.2) is 6.61 Å². The monoisotopic (exact) mass is 438 g/mol. The van der Waals surface area contributed by atoms with Crippen LogP contribution in [0.25, 0.3) is 0 Å². The average Bonchev–Trinajstić information content (AvgIpc) is 3.19. The number of sulfonamides is 1. The van der Waals surface area contributed by atoms with Gasteiger partial charge in [-0.25, -0.2) is 13.1 Å². The van der Waals surface area contributed by atoms with Gasteiger partial charge in [-0.3, -0.25) is 4.79 Å². The van der Waals surface area contributed by atoms with Crippen molar-refractivity contribution >= 4 is 33.2 Å². The molecule has 0 spiro atoms. The van der Waals surface area contributed by atoms with Gasteiger partial charge in [-0.1, -0.05) is 24.4 Å². The summed E-state index contributed by atoms with van der Waals surface area (Å²) in [5.41, 5.74) is 0.517. The van der Waals surface area contributed by atoms with Crippen LogP contribution in [0.3, 0.4) is 0 Å². The standard InChI is InChI=1S/C20H23ClN2O5S/c1-27-19-11-6-15(12-18(19)21)22-20(24)13-28-16-7-9-17(10-8-16)29(25,26)23-14-4-2-3-5-14/h6-12,14,23H,2-5,13H2,1H3,(H,22,24). The van der Waals surface area contributed by atoms with Gasteiger partial charge in [-0.2, -0.15) is 0 Å². The number of methoxy groups -OCH3 is 1. The second-order valence-electron chi connectivity index (χ2n) is 6.76. The van der Waals surface area contributed by atoms with Crippen molar-refractivity contribution < 1.29 is 22.7 Å². The minimum Gasteiger partial charge on any atom is -0.495 e. The molecule has 156 valence electrons. The summed E-state index contributed by atoms with van der Waals surface area (Å²) in [6, 6.07) is 10.9. The van der Waals surface area contributed by atoms with E-state index < -0.39 is 10.0 Å². The number of nitrogens with one attached hydrogen (secondary N) is 2. The summed E-state index contributed by atoms with van der Waals surface area (Å²) in [5, 5.41) is 3.05. The third-order valence-corrected chi connectivity index (χ3v) is 6.45. The van der Waals surface area contributed by atoms with Gasteiger partial charge in [-0.15, -0.1) is 0 Å². The van der Waals surface area contributed by atoms with Crippen LogP contribution in [-0.2, 0) is 14.8 Å². The number of anilines is 1. The van der Waals surface area contributed by atoms with E-state index in [9.17, 15) is 13.2 Å². The van der Waals surface area contributed by atoms with E-state index in [0.29, 0.717) is 22.2 Å². The Kier molecular flexibility index (Phi) is 7.00. The van der Waals surface area contributed by atoms with Crippen LogP contribution in [0.4, 0.5) is 5.69 Å². The van der Waals surface area contributed by atoms with Gasteiger partial charge in [0.2, 0.25) is 10.0 Å². The predicted molar refractivity (Wildman–Crippen MR) is 111 cm³/mol. The maximum Gasteiger partial charge on any atom is 0.262 e. The number of rotatable bonds is 8. The molecule has 3 rings (SSSR count). The van der Waals surface area contributed by atoms with E-state index in [0.717, 1.165) is 25.7 Å². The molecule has 0 unspecified atom stereocenters. The number of halogens is 1. The Bertz CT molecular complexity index is 957. The van der Waals surface area contributed by atoms with Crippen LogP contribution in [-0.4, -0.2) is 34.1 Å². The van der Waals surface area contributed by atoms with Crippen molar-refractivity contribution in [1.29, 1.82) is 0 Å². The van der Waals surface area contributed by atoms with Crippen LogP contribution in [0, 0.1) is 0 Å². The molecular formula is C20H23ClN2O5S. The highest BCUT2D eigenvalue weighted by Crippen LogP contribution is 2.27. The molecule has 1 saturated carbocycles. The van der Waals surface area contributed by atoms with Crippen molar-refractivity contribution in [1.82, 2.24) is 4.72 Å². The summed E-state index contributed by atoms with van der Waals surface area (Å²) in [4.78, 5) is 12.2. The molecule has 2 aromatic rings. The molecule has 0 aliphatic heterocycles. The maximum absolute atomic E-state index is 12.4. The zero-order chi connectivity index (χ0) is 20.9. The van der Waals surface area contributed by atoms with E-state index in [2.05, 4.69) is 10.0 Å². The largest absolute Gasteiger partial charge is 0.495 e. The number of amides is 1. The van der Waals surface area contributed by atoms with Crippen molar-refractivity contribution in [3.05, 3.63) is 47.5 Å². The number of hydrogen-bond acceptors (Lipinski definition) is 5. The summed E-state index contributed by atoms with van der Waals surface area (Å²) in [7, 11) is -2.04. The van der Waals surface area contributed by atoms with Crippen LogP contribution in [0.1, 0.15) is 25.7 Å². The van der Waals surface area contributed by atoms with Crippen LogP contribution >= 0.6 is 11.6 Å². The Balaban J connectivity index is 1.53. The lowest BCUT2D eigenvalue weighted by Crippen LogP contribution is -2.32. The molecule has 29 heavy (non-hydrogen) atoms. The Morgan fingerprint density at radius 3 is 2.45 bits per heavy atom. The highest BCUT2D eigenvalue weighted by molar-refractivity contribution is 7.89. The van der Waals surface area contributed by atoms with Gasteiger partial charge >= 0.3 is 0 Å². The van der Waals surface area contributed by atoms with Gasteiger partial charge < -0.3 is 14.8 Å². The van der Waals surface area contributed by atoms with Crippen molar-refractivity contribution in [2.45, 2.75) is 36.6 Å². The zero-order valence-electron chi connectivity index (χ0n) is 16.0. The molecule has 9 heteroatoms. The summed E-state index contributed by atoms with van der Waals surface area (Å²) < 4.78 is 38.0. The molecule has 0 bridgehead atoms. The Hall–Kier alpha value is -2.29. The van der Waals surface area contributed by atoms with E-state index in [1.54, 1.807) is 18.2 Å². The molecule has 0 radical (unpaired) electrons. The average molecular weight is 439 g/mol. The molecule has 1 fully saturated rings. The van der Waals surface area contributed by atoms with Crippen molar-refractivity contribution in [2.75, 3.05) is 19.0 Å². The van der Waals surface area contributed by atoms with E-state index in [1.165, 1.54) is 31.4 Å². The van der Waals surface area contributed by atoms with Crippen molar-refractivity contribution in [2.24, 2.45) is 0 Å². The number of carbonyl (C=O) groups is 1. The molecular weight excluding hydrogens is 416 g/mol. The first kappa shape index (κ1) is 21.4. The van der Waals surface area contributed by atoms with E-state index >= 15 is 0 Å². The number of carbonyl (C=O) groups excluding carboxylic acids is 1. The first-order valence-electron chi connectivity index (χ1n) is 9.26. The quantitative estimate of drug-likeness (QED) is 0.656. The first-order valence-corrected chi connectivity index (χ1v) is 11.1. The van der Waals surface area contributed by atoms with Crippen molar-refractivity contribution in [3.63, 3.8) is 0 Å². The molecule has 1 aliphatic rings. The minimum absolute atomic E-state index is 0.00563. The Morgan fingerprint density at radius 1 is 1.14 bits per heavy atom. The topological polar surface area (TPSA) is 93.7 Å². The Morgan fingerprint density at radius 2 is 1.83 bits per heavy atom. The predicted octanol–water partition coefficient (Wildman–Crippen LogP) is 3.59. The molecule has 0 aromatic heterocycles. The number of benzene rings is 2. The van der Waals surface area contributed by atoms with Gasteiger partial charge in [0, 0.05) is 11.7 Å². The van der Waals surface area contributed by atoms with Crippen LogP contribution < -0.4 is 19.5 Å². The lowest BCUT2D eigenvalue weighted by Gasteiger charge is -2.13. The molecule has 7 nitrogen and oxygen atoms in total. The minimum atomic E-state index is -3.55. The number of ether oxygens (including phenoxy) is 2. The van der Waals surface area contributed by atoms with E-state index in [1.807, 2.05) is 0 Å². The second-order valence-corrected chi connectivity index (χ2v) is 8.88. The van der Waals surface area contributed by atoms with Crippen LogP contribution in [0.15, 0.2) is 47.4 Å². The highest BCUT2D eigenvalue weighted by Gasteiger charge is 2.22. The van der Waals surface area contributed by atoms with Crippen LogP contribution in [0.5, 0.6) is 11.5 Å². The maximum atomic E-state index is 12.4. The molecule has 0 atom stereocenters. The lowest BCUT2D eigenvalue weighted by molar-refractivity contribution is -0.118. The third kappa shape index (κ3) is 5.85. The zero-order valence-corrected chi connectivity index (χ0v) is 17.6. The van der Waals surface area contributed by atoms with E-state index in [-0.39, 0.29) is 23.5 Å². The first-order chi connectivity index (χ1) is 13.9. The van der Waals surface area contributed by atoms with Gasteiger partial charge in [-0.05, 0) is 55.3 Å². The van der Waals surface area contributed by atoms with Gasteiger partial charge in [0.25, 0.3) is 5.91 Å². The van der Waals surface area contributed by atoms with Crippen molar-refractivity contribution in [3.8, 4) is 11.5 Å². The second kappa shape index (κ2) is 9.47. The van der Waals surface area contributed by atoms with Crippen LogP contribution in [0.2, 0.25) is 5.02 Å². The smallest absolute Gasteiger partial charge is 0.262 e. The summed E-state index contributed by atoms with van der Waals surface area (Å²) in [6.45, 7) is -0.226. The normalized spacial score (nSPS) is 14.6. The molecule has 1 aliphatic carbocycles. The molecule has 2 aromatic carbocycles. The molecule has 1 amide bonds. The summed E-state index contributed by atoms with van der Waals surface area (Å²) in [6.07, 6.45) is 3.83. The third-order valence-electron chi connectivity index (χ3n) is 4.62. The Labute approximate surface area is 175 Å². The fourth-order valence-corrected chi connectivity index (χ4v) is 4.70. The molecule has 0 saturated heterocycles. The summed E-state index contributed by atoms with van der Waals surface area (Å²) in [5.74, 6) is 0.539. The molecule has 0 heterocycles. The highest BCUT2D eigenvalue weighted by atomic mass is 35.5. The SMILES string of the molecule is COc1ccc(NC(=O)COc2ccc(S(=O)(=O)NC3CCCC3)cc2)cc1Cl. The van der Waals surface area contributed by atoms with E-state index in [4.69, 9.17) is 21.1 Å². The van der Waals surface area contributed by atoms with Gasteiger partial charge in [0.1, 0.15) is 11.5 Å². The molecule has 2 N–H and O–H groups in total. The lowest BCUT2D eigenvalue weighted by atomic mass is 10.3. The summed E-state index contributed by atoms with van der Waals surface area (Å²) >= 11 is 6.03.